The van der Waals surface area contributed by atoms with E-state index in [1.165, 1.54) is 28.1 Å². The SMILES string of the molecule is Cc1ccc(NC2CCc3sc(Cl)cc32)cc1. The average Bonchev–Trinajstić information content (AvgIpc) is 2.83. The molecule has 0 radical (unpaired) electrons. The third kappa shape index (κ3) is 2.20. The van der Waals surface area contributed by atoms with Gasteiger partial charge in [-0.05, 0) is 43.5 Å². The molecule has 0 saturated heterocycles. The van der Waals surface area contributed by atoms with Crippen molar-refractivity contribution >= 4 is 28.6 Å². The van der Waals surface area contributed by atoms with Crippen LogP contribution in [0.15, 0.2) is 30.3 Å². The van der Waals surface area contributed by atoms with Gasteiger partial charge in [0.05, 0.1) is 10.4 Å². The molecule has 1 nitrogen and oxygen atoms in total. The highest BCUT2D eigenvalue weighted by atomic mass is 35.5. The normalized spacial score (nSPS) is 18.1. The van der Waals surface area contributed by atoms with Crippen molar-refractivity contribution in [1.29, 1.82) is 0 Å². The van der Waals surface area contributed by atoms with Gasteiger partial charge in [-0.2, -0.15) is 0 Å². The van der Waals surface area contributed by atoms with Crippen LogP contribution in [-0.4, -0.2) is 0 Å². The summed E-state index contributed by atoms with van der Waals surface area (Å²) in [6.45, 7) is 2.11. The van der Waals surface area contributed by atoms with Crippen LogP contribution in [0.3, 0.4) is 0 Å². The van der Waals surface area contributed by atoms with Crippen LogP contribution in [0.25, 0.3) is 0 Å². The third-order valence-electron chi connectivity index (χ3n) is 3.24. The summed E-state index contributed by atoms with van der Waals surface area (Å²) in [5, 5.41) is 3.59. The molecule has 1 aliphatic rings. The van der Waals surface area contributed by atoms with Gasteiger partial charge in [-0.1, -0.05) is 29.3 Å². The first-order valence-electron chi connectivity index (χ1n) is 5.84. The summed E-state index contributed by atoms with van der Waals surface area (Å²) < 4.78 is 0.908. The molecular formula is C14H14ClNS. The fraction of sp³-hybridized carbons (Fsp3) is 0.286. The highest BCUT2D eigenvalue weighted by Crippen LogP contribution is 2.40. The lowest BCUT2D eigenvalue weighted by Crippen LogP contribution is -2.06. The number of rotatable bonds is 2. The molecule has 1 N–H and O–H groups in total. The number of fused-ring (bicyclic) bond motifs is 1. The van der Waals surface area contributed by atoms with Crippen molar-refractivity contribution in [2.45, 2.75) is 25.8 Å². The molecule has 3 rings (SSSR count). The van der Waals surface area contributed by atoms with Gasteiger partial charge in [0.1, 0.15) is 0 Å². The number of hydrogen-bond donors (Lipinski definition) is 1. The van der Waals surface area contributed by atoms with Gasteiger partial charge in [0.2, 0.25) is 0 Å². The Labute approximate surface area is 110 Å². The molecule has 1 aromatic heterocycles. The van der Waals surface area contributed by atoms with Crippen LogP contribution in [0.1, 0.15) is 28.5 Å². The van der Waals surface area contributed by atoms with Gasteiger partial charge in [0.15, 0.2) is 0 Å². The summed E-state index contributed by atoms with van der Waals surface area (Å²) >= 11 is 7.78. The first-order chi connectivity index (χ1) is 8.22. The number of thiophene rings is 1. The van der Waals surface area contributed by atoms with Gasteiger partial charge in [-0.15, -0.1) is 11.3 Å². The Balaban J connectivity index is 1.81. The molecule has 0 amide bonds. The van der Waals surface area contributed by atoms with Gasteiger partial charge in [0, 0.05) is 10.6 Å². The third-order valence-corrected chi connectivity index (χ3v) is 4.58. The van der Waals surface area contributed by atoms with Crippen LogP contribution >= 0.6 is 22.9 Å². The summed E-state index contributed by atoms with van der Waals surface area (Å²) in [6.07, 6.45) is 2.32. The minimum absolute atomic E-state index is 0.427. The van der Waals surface area contributed by atoms with Crippen molar-refractivity contribution in [2.24, 2.45) is 0 Å². The molecule has 0 saturated carbocycles. The standard InChI is InChI=1S/C14H14ClNS/c1-9-2-4-10(5-3-9)16-12-6-7-13-11(12)8-14(15)17-13/h2-5,8,12,16H,6-7H2,1H3. The van der Waals surface area contributed by atoms with Crippen LogP contribution in [0.5, 0.6) is 0 Å². The molecule has 0 bridgehead atoms. The van der Waals surface area contributed by atoms with Crippen molar-refractivity contribution in [1.82, 2.24) is 0 Å². The fourth-order valence-electron chi connectivity index (χ4n) is 2.33. The summed E-state index contributed by atoms with van der Waals surface area (Å²) in [5.41, 5.74) is 3.87. The van der Waals surface area contributed by atoms with Crippen molar-refractivity contribution in [3.8, 4) is 0 Å². The lowest BCUT2D eigenvalue weighted by molar-refractivity contribution is 0.762. The second-order valence-corrected chi connectivity index (χ2v) is 6.30. The van der Waals surface area contributed by atoms with Gasteiger partial charge < -0.3 is 5.32 Å². The van der Waals surface area contributed by atoms with Gasteiger partial charge >= 0.3 is 0 Å². The number of nitrogens with one attached hydrogen (secondary N) is 1. The van der Waals surface area contributed by atoms with Gasteiger partial charge in [-0.3, -0.25) is 0 Å². The molecular weight excluding hydrogens is 250 g/mol. The number of benzene rings is 1. The molecule has 0 spiro atoms. The molecule has 88 valence electrons. The number of anilines is 1. The molecule has 1 heterocycles. The van der Waals surface area contributed by atoms with Crippen molar-refractivity contribution in [3.63, 3.8) is 0 Å². The maximum absolute atomic E-state index is 6.06. The quantitative estimate of drug-likeness (QED) is 0.820. The van der Waals surface area contributed by atoms with E-state index in [0.717, 1.165) is 10.8 Å². The Hall–Kier alpha value is -0.990. The Morgan fingerprint density at radius 3 is 2.82 bits per heavy atom. The largest absolute Gasteiger partial charge is 0.378 e. The average molecular weight is 264 g/mol. The highest BCUT2D eigenvalue weighted by Gasteiger charge is 2.24. The van der Waals surface area contributed by atoms with Crippen LogP contribution < -0.4 is 5.32 Å². The van der Waals surface area contributed by atoms with Crippen LogP contribution in [0, 0.1) is 6.92 Å². The second kappa shape index (κ2) is 4.35. The van der Waals surface area contributed by atoms with E-state index in [0.29, 0.717) is 6.04 Å². The topological polar surface area (TPSA) is 12.0 Å². The summed E-state index contributed by atoms with van der Waals surface area (Å²) in [4.78, 5) is 1.44. The van der Waals surface area contributed by atoms with Crippen LogP contribution in [0.4, 0.5) is 5.69 Å². The predicted molar refractivity (Wildman–Crippen MR) is 75.2 cm³/mol. The Morgan fingerprint density at radius 2 is 2.06 bits per heavy atom. The summed E-state index contributed by atoms with van der Waals surface area (Å²) in [5.74, 6) is 0. The second-order valence-electron chi connectivity index (χ2n) is 4.53. The minimum Gasteiger partial charge on any atom is -0.378 e. The first-order valence-corrected chi connectivity index (χ1v) is 7.03. The molecule has 0 aliphatic heterocycles. The fourth-order valence-corrected chi connectivity index (χ4v) is 3.69. The zero-order chi connectivity index (χ0) is 11.8. The van der Waals surface area contributed by atoms with E-state index >= 15 is 0 Å². The van der Waals surface area contributed by atoms with E-state index in [2.05, 4.69) is 42.6 Å². The monoisotopic (exact) mass is 263 g/mol. The zero-order valence-corrected chi connectivity index (χ0v) is 11.2. The molecule has 0 fully saturated rings. The van der Waals surface area contributed by atoms with Crippen molar-refractivity contribution in [2.75, 3.05) is 5.32 Å². The summed E-state index contributed by atoms with van der Waals surface area (Å²) in [6, 6.07) is 11.1. The van der Waals surface area contributed by atoms with E-state index in [1.54, 1.807) is 11.3 Å². The minimum atomic E-state index is 0.427. The molecule has 17 heavy (non-hydrogen) atoms. The maximum atomic E-state index is 6.06. The molecule has 2 aromatic rings. The Kier molecular flexibility index (Phi) is 2.85. The van der Waals surface area contributed by atoms with Gasteiger partial charge in [-0.25, -0.2) is 0 Å². The van der Waals surface area contributed by atoms with Crippen LogP contribution in [-0.2, 0) is 6.42 Å². The van der Waals surface area contributed by atoms with Gasteiger partial charge in [0.25, 0.3) is 0 Å². The van der Waals surface area contributed by atoms with Crippen molar-refractivity contribution < 1.29 is 0 Å². The predicted octanol–water partition coefficient (Wildman–Crippen LogP) is 4.81. The van der Waals surface area contributed by atoms with E-state index in [-0.39, 0.29) is 0 Å². The molecule has 1 atom stereocenters. The number of halogens is 1. The van der Waals surface area contributed by atoms with E-state index in [9.17, 15) is 0 Å². The number of hydrogen-bond acceptors (Lipinski definition) is 2. The van der Waals surface area contributed by atoms with Crippen molar-refractivity contribution in [3.05, 3.63) is 50.7 Å². The van der Waals surface area contributed by atoms with Crippen LogP contribution in [0.2, 0.25) is 4.34 Å². The van der Waals surface area contributed by atoms with E-state index < -0.39 is 0 Å². The van der Waals surface area contributed by atoms with E-state index in [1.807, 2.05) is 0 Å². The molecule has 1 unspecified atom stereocenters. The maximum Gasteiger partial charge on any atom is 0.0934 e. The molecule has 1 aliphatic carbocycles. The smallest absolute Gasteiger partial charge is 0.0934 e. The lowest BCUT2D eigenvalue weighted by atomic mass is 10.1. The highest BCUT2D eigenvalue weighted by molar-refractivity contribution is 7.16. The number of aryl methyl sites for hydroxylation is 2. The summed E-state index contributed by atoms with van der Waals surface area (Å²) in [7, 11) is 0. The van der Waals surface area contributed by atoms with E-state index in [4.69, 9.17) is 11.6 Å². The Bertz CT molecular complexity index is 530. The molecule has 1 aromatic carbocycles. The lowest BCUT2D eigenvalue weighted by Gasteiger charge is -2.14. The zero-order valence-electron chi connectivity index (χ0n) is 9.66. The Morgan fingerprint density at radius 1 is 1.29 bits per heavy atom. The molecule has 3 heteroatoms. The first kappa shape index (κ1) is 11.1.